The van der Waals surface area contributed by atoms with Gasteiger partial charge in [0, 0.05) is 12.1 Å². The summed E-state index contributed by atoms with van der Waals surface area (Å²) < 4.78 is 2.29. The molecule has 0 fully saturated rings. The molecule has 6 aromatic rings. The van der Waals surface area contributed by atoms with Crippen molar-refractivity contribution >= 4 is 11.0 Å². The highest BCUT2D eigenvalue weighted by Crippen LogP contribution is 2.34. The minimum Gasteiger partial charge on any atom is -0.296 e. The Hall–Kier alpha value is -4.43. The predicted molar refractivity (Wildman–Crippen MR) is 147 cm³/mol. The number of hydrogen-bond acceptors (Lipinski definition) is 1. The van der Waals surface area contributed by atoms with Crippen LogP contribution in [0, 0.1) is 0 Å². The molecule has 6 rings (SSSR count). The van der Waals surface area contributed by atoms with Crippen molar-refractivity contribution in [2.45, 2.75) is 13.3 Å². The number of fused-ring (bicyclic) bond motifs is 1. The van der Waals surface area contributed by atoms with E-state index in [2.05, 4.69) is 139 Å². The van der Waals surface area contributed by atoms with Crippen LogP contribution in [0.1, 0.15) is 12.7 Å². The van der Waals surface area contributed by atoms with Crippen molar-refractivity contribution in [3.05, 3.63) is 133 Å². The summed E-state index contributed by atoms with van der Waals surface area (Å²) in [6, 6.07) is 45.3. The fourth-order valence-corrected chi connectivity index (χ4v) is 4.81. The Bertz CT molecular complexity index is 1550. The molecule has 1 heterocycles. The molecule has 0 spiro atoms. The Morgan fingerprint density at radius 2 is 1.06 bits per heavy atom. The molecule has 168 valence electrons. The van der Waals surface area contributed by atoms with Crippen LogP contribution in [0.4, 0.5) is 0 Å². The molecule has 0 bridgehead atoms. The fourth-order valence-electron chi connectivity index (χ4n) is 4.81. The summed E-state index contributed by atoms with van der Waals surface area (Å²) in [7, 11) is 0. The van der Waals surface area contributed by atoms with Crippen molar-refractivity contribution < 1.29 is 0 Å². The van der Waals surface area contributed by atoms with Crippen molar-refractivity contribution in [3.8, 4) is 39.1 Å². The van der Waals surface area contributed by atoms with Crippen molar-refractivity contribution in [1.82, 2.24) is 9.55 Å². The molecule has 5 aromatic carbocycles. The van der Waals surface area contributed by atoms with Gasteiger partial charge in [0.05, 0.1) is 11.0 Å². The van der Waals surface area contributed by atoms with E-state index in [0.717, 1.165) is 29.0 Å². The van der Waals surface area contributed by atoms with Gasteiger partial charge in [0.25, 0.3) is 0 Å². The third-order valence-corrected chi connectivity index (χ3v) is 6.53. The average Bonchev–Trinajstić information content (AvgIpc) is 3.33. The number of nitrogens with zero attached hydrogens (tertiary/aromatic N) is 2. The standard InChI is InChI=1S/C33H26N2/c1-2-33-34-31-18-9-10-19-32(31)35(33)30-17-11-16-26(23-30)29-21-27(24-12-5-3-6-13-24)20-28(22-29)25-14-7-4-8-15-25/h3-23H,2H2,1H3. The highest BCUT2D eigenvalue weighted by molar-refractivity contribution is 5.83. The van der Waals surface area contributed by atoms with Gasteiger partial charge in [-0.2, -0.15) is 0 Å². The average molecular weight is 451 g/mol. The van der Waals surface area contributed by atoms with Crippen LogP contribution in [0.3, 0.4) is 0 Å². The van der Waals surface area contributed by atoms with E-state index in [1.165, 1.54) is 33.4 Å². The topological polar surface area (TPSA) is 17.8 Å². The van der Waals surface area contributed by atoms with Crippen LogP contribution in [-0.2, 0) is 6.42 Å². The molecule has 0 aliphatic rings. The fraction of sp³-hybridized carbons (Fsp3) is 0.0606. The zero-order valence-electron chi connectivity index (χ0n) is 19.7. The van der Waals surface area contributed by atoms with Gasteiger partial charge < -0.3 is 0 Å². The van der Waals surface area contributed by atoms with E-state index in [4.69, 9.17) is 4.98 Å². The molecule has 0 amide bonds. The van der Waals surface area contributed by atoms with Crippen LogP contribution < -0.4 is 0 Å². The molecule has 0 atom stereocenters. The summed E-state index contributed by atoms with van der Waals surface area (Å²) in [4.78, 5) is 4.88. The maximum absolute atomic E-state index is 4.88. The van der Waals surface area contributed by atoms with E-state index in [1.54, 1.807) is 0 Å². The van der Waals surface area contributed by atoms with Gasteiger partial charge in [-0.15, -0.1) is 0 Å². The summed E-state index contributed by atoms with van der Waals surface area (Å²) in [5, 5.41) is 0. The minimum absolute atomic E-state index is 0.876. The first kappa shape index (κ1) is 21.1. The molecule has 0 N–H and O–H groups in total. The normalized spacial score (nSPS) is 11.1. The van der Waals surface area contributed by atoms with Crippen LogP contribution in [0.5, 0.6) is 0 Å². The lowest BCUT2D eigenvalue weighted by Crippen LogP contribution is -2.00. The number of benzene rings is 5. The highest BCUT2D eigenvalue weighted by Gasteiger charge is 2.13. The van der Waals surface area contributed by atoms with E-state index in [1.807, 2.05) is 0 Å². The van der Waals surface area contributed by atoms with E-state index >= 15 is 0 Å². The first-order chi connectivity index (χ1) is 17.3. The lowest BCUT2D eigenvalue weighted by atomic mass is 9.93. The number of aryl methyl sites for hydroxylation is 1. The molecular weight excluding hydrogens is 424 g/mol. The Kier molecular flexibility index (Phi) is 5.48. The van der Waals surface area contributed by atoms with Gasteiger partial charge in [0.15, 0.2) is 0 Å². The van der Waals surface area contributed by atoms with Gasteiger partial charge in [0.1, 0.15) is 5.82 Å². The third-order valence-electron chi connectivity index (χ3n) is 6.53. The monoisotopic (exact) mass is 450 g/mol. The summed E-state index contributed by atoms with van der Waals surface area (Å²) in [6.45, 7) is 2.16. The van der Waals surface area contributed by atoms with Crippen LogP contribution in [0.15, 0.2) is 127 Å². The third kappa shape index (κ3) is 4.04. The molecule has 0 aliphatic heterocycles. The first-order valence-corrected chi connectivity index (χ1v) is 12.1. The van der Waals surface area contributed by atoms with E-state index < -0.39 is 0 Å². The Morgan fingerprint density at radius 3 is 1.69 bits per heavy atom. The number of hydrogen-bond donors (Lipinski definition) is 0. The van der Waals surface area contributed by atoms with Crippen LogP contribution in [0.2, 0.25) is 0 Å². The second-order valence-electron chi connectivity index (χ2n) is 8.79. The largest absolute Gasteiger partial charge is 0.296 e. The van der Waals surface area contributed by atoms with Crippen LogP contribution in [-0.4, -0.2) is 9.55 Å². The predicted octanol–water partition coefficient (Wildman–Crippen LogP) is 8.59. The molecule has 1 aromatic heterocycles. The van der Waals surface area contributed by atoms with Gasteiger partial charge in [-0.1, -0.05) is 91.9 Å². The van der Waals surface area contributed by atoms with Crippen molar-refractivity contribution in [1.29, 1.82) is 0 Å². The van der Waals surface area contributed by atoms with Crippen molar-refractivity contribution in [2.24, 2.45) is 0 Å². The van der Waals surface area contributed by atoms with Crippen LogP contribution in [0.25, 0.3) is 50.1 Å². The maximum atomic E-state index is 4.88. The number of imidazole rings is 1. The molecule has 35 heavy (non-hydrogen) atoms. The van der Waals surface area contributed by atoms with Crippen molar-refractivity contribution in [3.63, 3.8) is 0 Å². The van der Waals surface area contributed by atoms with E-state index in [-0.39, 0.29) is 0 Å². The molecule has 0 radical (unpaired) electrons. The summed E-state index contributed by atoms with van der Waals surface area (Å²) in [6.07, 6.45) is 0.876. The number of para-hydroxylation sites is 2. The van der Waals surface area contributed by atoms with Gasteiger partial charge in [0.2, 0.25) is 0 Å². The van der Waals surface area contributed by atoms with Gasteiger partial charge in [-0.05, 0) is 75.8 Å². The van der Waals surface area contributed by atoms with Crippen LogP contribution >= 0.6 is 0 Å². The molecule has 0 saturated heterocycles. The van der Waals surface area contributed by atoms with E-state index in [9.17, 15) is 0 Å². The zero-order valence-corrected chi connectivity index (χ0v) is 19.7. The minimum atomic E-state index is 0.876. The molecule has 0 saturated carbocycles. The Balaban J connectivity index is 1.53. The SMILES string of the molecule is CCc1nc2ccccc2n1-c1cccc(-c2cc(-c3ccccc3)cc(-c3ccccc3)c2)c1. The summed E-state index contributed by atoms with van der Waals surface area (Å²) in [5.74, 6) is 1.08. The Morgan fingerprint density at radius 1 is 0.514 bits per heavy atom. The smallest absolute Gasteiger partial charge is 0.114 e. The highest BCUT2D eigenvalue weighted by atomic mass is 15.1. The molecule has 0 unspecified atom stereocenters. The molecule has 2 heteroatoms. The molecule has 2 nitrogen and oxygen atoms in total. The second-order valence-corrected chi connectivity index (χ2v) is 8.79. The van der Waals surface area contributed by atoms with Gasteiger partial charge in [-0.3, -0.25) is 4.57 Å². The molecule has 0 aliphatic carbocycles. The quantitative estimate of drug-likeness (QED) is 0.257. The van der Waals surface area contributed by atoms with E-state index in [0.29, 0.717) is 0 Å². The van der Waals surface area contributed by atoms with Gasteiger partial charge in [-0.25, -0.2) is 4.98 Å². The number of aromatic nitrogens is 2. The molecular formula is C33H26N2. The second kappa shape index (κ2) is 9.08. The first-order valence-electron chi connectivity index (χ1n) is 12.1. The summed E-state index contributed by atoms with van der Waals surface area (Å²) >= 11 is 0. The number of rotatable bonds is 5. The van der Waals surface area contributed by atoms with Gasteiger partial charge >= 0.3 is 0 Å². The lowest BCUT2D eigenvalue weighted by molar-refractivity contribution is 0.908. The maximum Gasteiger partial charge on any atom is 0.114 e. The lowest BCUT2D eigenvalue weighted by Gasteiger charge is -2.13. The zero-order chi connectivity index (χ0) is 23.6. The van der Waals surface area contributed by atoms with Crippen molar-refractivity contribution in [2.75, 3.05) is 0 Å². The summed E-state index contributed by atoms with van der Waals surface area (Å²) in [5.41, 5.74) is 10.6. The Labute approximate surface area is 206 Å².